The summed E-state index contributed by atoms with van der Waals surface area (Å²) in [6.45, 7) is 5.91. The van der Waals surface area contributed by atoms with Crippen LogP contribution in [-0.2, 0) is 0 Å². The van der Waals surface area contributed by atoms with Crippen molar-refractivity contribution in [2.24, 2.45) is 11.8 Å². The van der Waals surface area contributed by atoms with Crippen LogP contribution in [0, 0.1) is 25.7 Å². The maximum Gasteiger partial charge on any atom is 0.258 e. The minimum Gasteiger partial charge on any atom is -0.345 e. The lowest BCUT2D eigenvalue weighted by atomic mass is 10.00. The fourth-order valence-corrected chi connectivity index (χ4v) is 3.53. The van der Waals surface area contributed by atoms with Crippen molar-refractivity contribution in [3.05, 3.63) is 58.9 Å². The van der Waals surface area contributed by atoms with Gasteiger partial charge in [0.2, 0.25) is 0 Å². The highest BCUT2D eigenvalue weighted by molar-refractivity contribution is 6.06. The average molecular weight is 335 g/mol. The van der Waals surface area contributed by atoms with E-state index in [1.165, 1.54) is 0 Å². The number of pyridine rings is 1. The Balaban J connectivity index is 1.70. The average Bonchev–Trinajstić information content (AvgIpc) is 3.22. The summed E-state index contributed by atoms with van der Waals surface area (Å²) in [5.41, 5.74) is 3.57. The third-order valence-electron chi connectivity index (χ3n) is 5.03. The van der Waals surface area contributed by atoms with Crippen molar-refractivity contribution >= 4 is 17.0 Å². The third-order valence-corrected chi connectivity index (χ3v) is 5.03. The Kier molecular flexibility index (Phi) is 3.79. The molecule has 3 unspecified atom stereocenters. The van der Waals surface area contributed by atoms with Crippen LogP contribution in [0.25, 0.3) is 11.1 Å². The molecule has 3 atom stereocenters. The zero-order valence-corrected chi connectivity index (χ0v) is 14.6. The minimum atomic E-state index is -0.102. The fourth-order valence-electron chi connectivity index (χ4n) is 3.53. The summed E-state index contributed by atoms with van der Waals surface area (Å²) in [6.07, 6.45) is 1.14. The molecule has 1 aliphatic rings. The molecule has 1 N–H and O–H groups in total. The molecule has 1 saturated carbocycles. The SMILES string of the molecule is Cc1cc(C(=O)NC(c2ccccc2)C2CC2C)c2c(C)noc2n1. The lowest BCUT2D eigenvalue weighted by Gasteiger charge is -2.20. The maximum absolute atomic E-state index is 13.1. The first-order valence-electron chi connectivity index (χ1n) is 8.64. The number of hydrogen-bond acceptors (Lipinski definition) is 4. The lowest BCUT2D eigenvalue weighted by molar-refractivity contribution is 0.0932. The second-order valence-electron chi connectivity index (χ2n) is 7.00. The van der Waals surface area contributed by atoms with E-state index < -0.39 is 0 Å². The van der Waals surface area contributed by atoms with E-state index in [4.69, 9.17) is 4.52 Å². The number of nitrogens with zero attached hydrogens (tertiary/aromatic N) is 2. The Morgan fingerprint density at radius 2 is 2.00 bits per heavy atom. The van der Waals surface area contributed by atoms with Gasteiger partial charge in [0.1, 0.15) is 0 Å². The molecular weight excluding hydrogens is 314 g/mol. The fraction of sp³-hybridized carbons (Fsp3) is 0.350. The molecule has 2 aromatic heterocycles. The van der Waals surface area contributed by atoms with Crippen LogP contribution in [-0.4, -0.2) is 16.0 Å². The van der Waals surface area contributed by atoms with Crippen molar-refractivity contribution < 1.29 is 9.32 Å². The van der Waals surface area contributed by atoms with Crippen LogP contribution in [0.5, 0.6) is 0 Å². The van der Waals surface area contributed by atoms with Gasteiger partial charge in [-0.05, 0) is 43.7 Å². The highest BCUT2D eigenvalue weighted by Gasteiger charge is 2.41. The predicted octanol–water partition coefficient (Wildman–Crippen LogP) is 3.97. The van der Waals surface area contributed by atoms with E-state index in [2.05, 4.69) is 34.5 Å². The largest absolute Gasteiger partial charge is 0.345 e. The molecule has 1 fully saturated rings. The summed E-state index contributed by atoms with van der Waals surface area (Å²) < 4.78 is 5.25. The molecule has 1 aromatic carbocycles. The molecule has 4 rings (SSSR count). The van der Waals surface area contributed by atoms with E-state index in [0.29, 0.717) is 34.2 Å². The Labute approximate surface area is 146 Å². The van der Waals surface area contributed by atoms with Gasteiger partial charge in [-0.2, -0.15) is 0 Å². The van der Waals surface area contributed by atoms with E-state index in [9.17, 15) is 4.79 Å². The summed E-state index contributed by atoms with van der Waals surface area (Å²) in [7, 11) is 0. The third kappa shape index (κ3) is 2.90. The molecule has 0 saturated heterocycles. The summed E-state index contributed by atoms with van der Waals surface area (Å²) in [5.74, 6) is 1.00. The number of carbonyl (C=O) groups excluding carboxylic acids is 1. The van der Waals surface area contributed by atoms with Crippen molar-refractivity contribution in [3.8, 4) is 0 Å². The normalized spacial score (nSPS) is 20.4. The standard InChI is InChI=1S/C20H21N3O2/c1-11-9-15(11)18(14-7-5-4-6-8-14)22-19(24)16-10-12(2)21-20-17(16)13(3)23-25-20/h4-8,10-11,15,18H,9H2,1-3H3,(H,22,24). The molecule has 1 aliphatic carbocycles. The van der Waals surface area contributed by atoms with Crippen molar-refractivity contribution in [2.45, 2.75) is 33.2 Å². The van der Waals surface area contributed by atoms with Gasteiger partial charge in [-0.3, -0.25) is 4.79 Å². The highest BCUT2D eigenvalue weighted by atomic mass is 16.5. The molecule has 5 nitrogen and oxygen atoms in total. The van der Waals surface area contributed by atoms with Crippen LogP contribution < -0.4 is 5.32 Å². The molecule has 0 spiro atoms. The second kappa shape index (κ2) is 5.99. The second-order valence-corrected chi connectivity index (χ2v) is 7.00. The number of aryl methyl sites for hydroxylation is 2. The summed E-state index contributed by atoms with van der Waals surface area (Å²) in [5, 5.41) is 7.89. The van der Waals surface area contributed by atoms with Gasteiger partial charge in [-0.25, -0.2) is 4.98 Å². The lowest BCUT2D eigenvalue weighted by Crippen LogP contribution is -2.30. The Bertz CT molecular complexity index is 933. The van der Waals surface area contributed by atoms with Gasteiger partial charge < -0.3 is 9.84 Å². The number of amides is 1. The zero-order valence-electron chi connectivity index (χ0n) is 14.6. The highest BCUT2D eigenvalue weighted by Crippen LogP contribution is 2.47. The van der Waals surface area contributed by atoms with Gasteiger partial charge >= 0.3 is 0 Å². The quantitative estimate of drug-likeness (QED) is 0.783. The minimum absolute atomic E-state index is 0.0207. The van der Waals surface area contributed by atoms with Crippen molar-refractivity contribution in [1.82, 2.24) is 15.5 Å². The first-order valence-corrected chi connectivity index (χ1v) is 8.64. The maximum atomic E-state index is 13.1. The molecule has 0 aliphatic heterocycles. The van der Waals surface area contributed by atoms with Gasteiger partial charge in [0.25, 0.3) is 11.6 Å². The molecular formula is C20H21N3O2. The molecule has 128 valence electrons. The topological polar surface area (TPSA) is 68.0 Å². The summed E-state index contributed by atoms with van der Waals surface area (Å²) in [4.78, 5) is 17.4. The van der Waals surface area contributed by atoms with Crippen LogP contribution >= 0.6 is 0 Å². The monoisotopic (exact) mass is 335 g/mol. The smallest absolute Gasteiger partial charge is 0.258 e. The molecule has 0 radical (unpaired) electrons. The number of hydrogen-bond donors (Lipinski definition) is 1. The summed E-state index contributed by atoms with van der Waals surface area (Å²) >= 11 is 0. The molecule has 1 amide bonds. The van der Waals surface area contributed by atoms with Crippen molar-refractivity contribution in [3.63, 3.8) is 0 Å². The number of nitrogens with one attached hydrogen (secondary N) is 1. The van der Waals surface area contributed by atoms with Gasteiger partial charge in [-0.15, -0.1) is 0 Å². The van der Waals surface area contributed by atoms with Gasteiger partial charge in [0.15, 0.2) is 0 Å². The van der Waals surface area contributed by atoms with E-state index in [0.717, 1.165) is 17.7 Å². The molecule has 0 bridgehead atoms. The number of carbonyl (C=O) groups is 1. The number of rotatable bonds is 4. The molecule has 2 heterocycles. The van der Waals surface area contributed by atoms with Crippen LogP contribution in [0.4, 0.5) is 0 Å². The Morgan fingerprint density at radius 1 is 1.28 bits per heavy atom. The van der Waals surface area contributed by atoms with Crippen LogP contribution in [0.1, 0.15) is 46.7 Å². The molecule has 25 heavy (non-hydrogen) atoms. The van der Waals surface area contributed by atoms with E-state index in [1.54, 1.807) is 6.07 Å². The van der Waals surface area contributed by atoms with Crippen molar-refractivity contribution in [2.75, 3.05) is 0 Å². The Hall–Kier alpha value is -2.69. The Morgan fingerprint density at radius 3 is 2.68 bits per heavy atom. The van der Waals surface area contributed by atoms with E-state index in [1.807, 2.05) is 32.0 Å². The number of aromatic nitrogens is 2. The molecule has 3 aromatic rings. The van der Waals surface area contributed by atoms with Gasteiger partial charge in [0, 0.05) is 5.69 Å². The number of fused-ring (bicyclic) bond motifs is 1. The predicted molar refractivity (Wildman–Crippen MR) is 95.2 cm³/mol. The van der Waals surface area contributed by atoms with Gasteiger partial charge in [0.05, 0.1) is 22.7 Å². The van der Waals surface area contributed by atoms with Crippen LogP contribution in [0.15, 0.2) is 40.9 Å². The first-order chi connectivity index (χ1) is 12.0. The van der Waals surface area contributed by atoms with E-state index >= 15 is 0 Å². The molecule has 5 heteroatoms. The summed E-state index contributed by atoms with van der Waals surface area (Å²) in [6, 6.07) is 12.0. The van der Waals surface area contributed by atoms with Crippen LogP contribution in [0.3, 0.4) is 0 Å². The first kappa shape index (κ1) is 15.8. The van der Waals surface area contributed by atoms with Gasteiger partial charge in [-0.1, -0.05) is 42.4 Å². The zero-order chi connectivity index (χ0) is 17.6. The van der Waals surface area contributed by atoms with Crippen molar-refractivity contribution in [1.29, 1.82) is 0 Å². The number of benzene rings is 1. The van der Waals surface area contributed by atoms with E-state index in [-0.39, 0.29) is 11.9 Å². The van der Waals surface area contributed by atoms with Crippen LogP contribution in [0.2, 0.25) is 0 Å².